The van der Waals surface area contributed by atoms with E-state index in [1.807, 2.05) is 18.2 Å². The summed E-state index contributed by atoms with van der Waals surface area (Å²) in [4.78, 5) is 21.3. The number of tetrazole rings is 1. The molecule has 0 aliphatic heterocycles. The maximum Gasteiger partial charge on any atom is 0.339 e. The number of methoxy groups -OCH3 is 1. The second-order valence-corrected chi connectivity index (χ2v) is 8.25. The monoisotopic (exact) mass is 467 g/mol. The SMILES string of the molecule is CCCCc1nc2cc(C(=O)OC)cnc2n1Cc1ccc(-c2ccccc2-c2nn[nH]n2)cc1. The molecule has 0 radical (unpaired) electrons. The van der Waals surface area contributed by atoms with Gasteiger partial charge in [0.2, 0.25) is 5.82 Å². The van der Waals surface area contributed by atoms with Crippen molar-refractivity contribution in [3.05, 3.63) is 77.7 Å². The van der Waals surface area contributed by atoms with Crippen LogP contribution in [-0.2, 0) is 17.7 Å². The fraction of sp³-hybridized carbons (Fsp3) is 0.231. The van der Waals surface area contributed by atoms with E-state index < -0.39 is 5.97 Å². The second kappa shape index (κ2) is 9.84. The van der Waals surface area contributed by atoms with E-state index >= 15 is 0 Å². The summed E-state index contributed by atoms with van der Waals surface area (Å²) in [6.07, 6.45) is 4.49. The summed E-state index contributed by atoms with van der Waals surface area (Å²) in [5, 5.41) is 14.5. The molecule has 0 saturated carbocycles. The van der Waals surface area contributed by atoms with E-state index in [-0.39, 0.29) is 0 Å². The molecule has 9 heteroatoms. The van der Waals surface area contributed by atoms with Crippen LogP contribution in [0.1, 0.15) is 41.5 Å². The van der Waals surface area contributed by atoms with Crippen molar-refractivity contribution in [3.8, 4) is 22.5 Å². The zero-order valence-corrected chi connectivity index (χ0v) is 19.6. The smallest absolute Gasteiger partial charge is 0.339 e. The summed E-state index contributed by atoms with van der Waals surface area (Å²) in [6.45, 7) is 2.79. The molecular weight excluding hydrogens is 442 g/mol. The zero-order chi connectivity index (χ0) is 24.2. The number of pyridine rings is 1. The third-order valence-corrected chi connectivity index (χ3v) is 5.96. The largest absolute Gasteiger partial charge is 0.465 e. The van der Waals surface area contributed by atoms with Crippen molar-refractivity contribution in [1.82, 2.24) is 35.2 Å². The third-order valence-electron chi connectivity index (χ3n) is 5.96. The fourth-order valence-electron chi connectivity index (χ4n) is 4.16. The van der Waals surface area contributed by atoms with Gasteiger partial charge in [-0.05, 0) is 34.4 Å². The maximum absolute atomic E-state index is 12.0. The highest BCUT2D eigenvalue weighted by Crippen LogP contribution is 2.30. The summed E-state index contributed by atoms with van der Waals surface area (Å²) < 4.78 is 6.97. The van der Waals surface area contributed by atoms with E-state index in [1.165, 1.54) is 7.11 Å². The molecule has 5 aromatic rings. The lowest BCUT2D eigenvalue weighted by Gasteiger charge is -2.11. The van der Waals surface area contributed by atoms with Crippen molar-refractivity contribution in [2.45, 2.75) is 32.7 Å². The van der Waals surface area contributed by atoms with Crippen LogP contribution in [0, 0.1) is 0 Å². The molecule has 0 atom stereocenters. The average Bonchev–Trinajstić information content (AvgIpc) is 3.56. The van der Waals surface area contributed by atoms with E-state index in [2.05, 4.69) is 67.4 Å². The second-order valence-electron chi connectivity index (χ2n) is 8.25. The van der Waals surface area contributed by atoms with Crippen LogP contribution in [-0.4, -0.2) is 48.2 Å². The molecule has 0 aliphatic carbocycles. The molecule has 3 heterocycles. The van der Waals surface area contributed by atoms with Crippen molar-refractivity contribution in [1.29, 1.82) is 0 Å². The van der Waals surface area contributed by atoms with Gasteiger partial charge in [0, 0.05) is 18.2 Å². The number of hydrogen-bond acceptors (Lipinski definition) is 7. The molecule has 0 bridgehead atoms. The molecule has 0 amide bonds. The molecule has 1 N–H and O–H groups in total. The lowest BCUT2D eigenvalue weighted by Crippen LogP contribution is -2.07. The van der Waals surface area contributed by atoms with E-state index in [9.17, 15) is 4.79 Å². The van der Waals surface area contributed by atoms with Crippen LogP contribution >= 0.6 is 0 Å². The van der Waals surface area contributed by atoms with E-state index in [0.717, 1.165) is 53.0 Å². The van der Waals surface area contributed by atoms with Gasteiger partial charge in [-0.25, -0.2) is 14.8 Å². The predicted molar refractivity (Wildman–Crippen MR) is 132 cm³/mol. The highest BCUT2D eigenvalue weighted by Gasteiger charge is 2.16. The number of H-pyrrole nitrogens is 1. The average molecular weight is 468 g/mol. The Morgan fingerprint density at radius 2 is 1.89 bits per heavy atom. The van der Waals surface area contributed by atoms with Crippen LogP contribution < -0.4 is 0 Å². The predicted octanol–water partition coefficient (Wildman–Crippen LogP) is 4.46. The molecule has 0 unspecified atom stereocenters. The highest BCUT2D eigenvalue weighted by atomic mass is 16.5. The van der Waals surface area contributed by atoms with E-state index in [4.69, 9.17) is 9.72 Å². The molecule has 0 fully saturated rings. The first-order valence-electron chi connectivity index (χ1n) is 11.5. The fourth-order valence-corrected chi connectivity index (χ4v) is 4.16. The zero-order valence-electron chi connectivity index (χ0n) is 19.6. The molecule has 35 heavy (non-hydrogen) atoms. The van der Waals surface area contributed by atoms with Crippen molar-refractivity contribution in [3.63, 3.8) is 0 Å². The number of aromatic amines is 1. The number of imidazole rings is 1. The number of aryl methyl sites for hydroxylation is 1. The van der Waals surface area contributed by atoms with Crippen LogP contribution in [0.15, 0.2) is 60.8 Å². The van der Waals surface area contributed by atoms with Crippen LogP contribution in [0.3, 0.4) is 0 Å². The van der Waals surface area contributed by atoms with Crippen LogP contribution in [0.5, 0.6) is 0 Å². The number of esters is 1. The first-order valence-corrected chi connectivity index (χ1v) is 11.5. The number of aromatic nitrogens is 7. The molecule has 9 nitrogen and oxygen atoms in total. The molecule has 5 rings (SSSR count). The number of carbonyl (C=O) groups is 1. The summed E-state index contributed by atoms with van der Waals surface area (Å²) in [5.41, 5.74) is 6.01. The minimum Gasteiger partial charge on any atom is -0.465 e. The molecule has 0 aliphatic rings. The van der Waals surface area contributed by atoms with Crippen molar-refractivity contribution < 1.29 is 9.53 Å². The summed E-state index contributed by atoms with van der Waals surface area (Å²) in [5.74, 6) is 1.11. The van der Waals surface area contributed by atoms with Crippen molar-refractivity contribution in [2.75, 3.05) is 7.11 Å². The van der Waals surface area contributed by atoms with Crippen LogP contribution in [0.4, 0.5) is 0 Å². The Hall–Kier alpha value is -4.40. The molecule has 0 saturated heterocycles. The standard InChI is InChI=1S/C26H25N7O2/c1-3-4-9-23-28-22-14-19(26(34)35-2)15-27-25(22)33(23)16-17-10-12-18(13-11-17)20-7-5-6-8-21(20)24-29-31-32-30-24/h5-8,10-15H,3-4,9,16H2,1-2H3,(H,29,30,31,32). The Bertz CT molecular complexity index is 1460. The van der Waals surface area contributed by atoms with Crippen molar-refractivity contribution in [2.24, 2.45) is 0 Å². The van der Waals surface area contributed by atoms with Gasteiger partial charge in [0.25, 0.3) is 0 Å². The minimum absolute atomic E-state index is 0.399. The normalized spacial score (nSPS) is 11.1. The van der Waals surface area contributed by atoms with E-state index in [1.54, 1.807) is 12.3 Å². The first kappa shape index (κ1) is 22.4. The minimum atomic E-state index is -0.416. The van der Waals surface area contributed by atoms with Crippen LogP contribution in [0.25, 0.3) is 33.7 Å². The van der Waals surface area contributed by atoms with Gasteiger partial charge in [-0.2, -0.15) is 5.21 Å². The Morgan fingerprint density at radius 1 is 1.09 bits per heavy atom. The van der Waals surface area contributed by atoms with Gasteiger partial charge in [-0.1, -0.05) is 61.9 Å². The molecule has 2 aromatic carbocycles. The molecule has 0 spiro atoms. The summed E-state index contributed by atoms with van der Waals surface area (Å²) >= 11 is 0. The topological polar surface area (TPSA) is 111 Å². The van der Waals surface area contributed by atoms with Gasteiger partial charge in [0.05, 0.1) is 19.2 Å². The number of unbranched alkanes of at least 4 members (excludes halogenated alkanes) is 1. The number of fused-ring (bicyclic) bond motifs is 1. The van der Waals surface area contributed by atoms with Gasteiger partial charge < -0.3 is 9.30 Å². The van der Waals surface area contributed by atoms with E-state index in [0.29, 0.717) is 23.4 Å². The summed E-state index contributed by atoms with van der Waals surface area (Å²) in [6, 6.07) is 18.2. The van der Waals surface area contributed by atoms with Gasteiger partial charge in [0.1, 0.15) is 11.3 Å². The van der Waals surface area contributed by atoms with Gasteiger partial charge in [-0.15, -0.1) is 10.2 Å². The van der Waals surface area contributed by atoms with Gasteiger partial charge in [0.15, 0.2) is 5.65 Å². The van der Waals surface area contributed by atoms with Crippen molar-refractivity contribution >= 4 is 17.1 Å². The highest BCUT2D eigenvalue weighted by molar-refractivity contribution is 5.92. The molecule has 176 valence electrons. The third kappa shape index (κ3) is 4.52. The maximum atomic E-state index is 12.0. The summed E-state index contributed by atoms with van der Waals surface area (Å²) in [7, 11) is 1.36. The lowest BCUT2D eigenvalue weighted by molar-refractivity contribution is 0.0600. The Morgan fingerprint density at radius 3 is 2.60 bits per heavy atom. The number of ether oxygens (including phenoxy) is 1. The van der Waals surface area contributed by atoms with Crippen LogP contribution in [0.2, 0.25) is 0 Å². The van der Waals surface area contributed by atoms with Gasteiger partial charge >= 0.3 is 5.97 Å². The number of hydrogen-bond donors (Lipinski definition) is 1. The number of nitrogens with one attached hydrogen (secondary N) is 1. The first-order chi connectivity index (χ1) is 17.2. The van der Waals surface area contributed by atoms with Gasteiger partial charge in [-0.3, -0.25) is 0 Å². The Labute approximate surface area is 202 Å². The number of nitrogens with zero attached hydrogens (tertiary/aromatic N) is 6. The Balaban J connectivity index is 1.47. The molecule has 3 aromatic heterocycles. The lowest BCUT2D eigenvalue weighted by atomic mass is 9.98. The quantitative estimate of drug-likeness (QED) is 0.335. The number of benzene rings is 2. The number of carbonyl (C=O) groups excluding carboxylic acids is 1. The Kier molecular flexibility index (Phi) is 6.30. The molecular formula is C26H25N7O2. The number of rotatable bonds is 8.